The van der Waals surface area contributed by atoms with Crippen LogP contribution in [-0.2, 0) is 36.1 Å². The molecule has 1 aliphatic rings. The molecule has 0 aliphatic carbocycles. The molecule has 5 rings (SSSR count). The van der Waals surface area contributed by atoms with E-state index < -0.39 is 49.4 Å². The first-order chi connectivity index (χ1) is 20.6. The zero-order valence-corrected chi connectivity index (χ0v) is 24.3. The van der Waals surface area contributed by atoms with Crippen LogP contribution in [0, 0.1) is 0 Å². The molecule has 2 heterocycles. The number of H-pyrrole nitrogens is 1. The Morgan fingerprint density at radius 1 is 1.11 bits per heavy atom. The number of para-hydroxylation sites is 2. The lowest BCUT2D eigenvalue weighted by Crippen LogP contribution is -2.31. The molecule has 1 unspecified atom stereocenters. The Kier molecular flexibility index (Phi) is 9.31. The number of imidazole rings is 1. The van der Waals surface area contributed by atoms with Crippen LogP contribution in [0.3, 0.4) is 0 Å². The number of carboxylic acids is 1. The number of carboxylic acid groups (broad SMARTS) is 1. The average molecular weight is 655 g/mol. The lowest BCUT2D eigenvalue weighted by atomic mass is 10.0. The molecule has 2 atom stereocenters. The van der Waals surface area contributed by atoms with Crippen LogP contribution in [-0.4, -0.2) is 57.1 Å². The number of nitrogens with one attached hydrogen (secondary N) is 3. The van der Waals surface area contributed by atoms with Crippen molar-refractivity contribution in [3.63, 3.8) is 0 Å². The van der Waals surface area contributed by atoms with Gasteiger partial charge in [0.2, 0.25) is 26.0 Å². The molecule has 3 aromatic carbocycles. The molecule has 17 heteroatoms. The van der Waals surface area contributed by atoms with Crippen LogP contribution in [0.25, 0.3) is 11.0 Å². The number of hydrogen-bond donors (Lipinski definition) is 4. The van der Waals surface area contributed by atoms with Crippen molar-refractivity contribution in [1.82, 2.24) is 19.4 Å². The largest absolute Gasteiger partial charge is 0.497 e. The highest BCUT2D eigenvalue weighted by atomic mass is 32.2. The molecule has 4 aromatic rings. The van der Waals surface area contributed by atoms with Crippen molar-refractivity contribution >= 4 is 43.0 Å². The smallest absolute Gasteiger partial charge is 0.490 e. The van der Waals surface area contributed by atoms with Crippen molar-refractivity contribution in [2.45, 2.75) is 35.2 Å². The van der Waals surface area contributed by atoms with E-state index in [1.807, 2.05) is 29.0 Å². The van der Waals surface area contributed by atoms with Crippen LogP contribution in [0.4, 0.5) is 13.2 Å². The molecule has 12 nitrogen and oxygen atoms in total. The number of fused-ring (bicyclic) bond motifs is 1. The molecule has 1 aliphatic heterocycles. The van der Waals surface area contributed by atoms with Crippen LogP contribution in [0.2, 0.25) is 0 Å². The molecule has 234 valence electrons. The van der Waals surface area contributed by atoms with Crippen molar-refractivity contribution in [2.24, 2.45) is 0 Å². The summed E-state index contributed by atoms with van der Waals surface area (Å²) < 4.78 is 92.7. The SMILES string of the molecule is COc1cccc(S(=O)(=O)N[C@@H](Cc2ccc(C3CC(=O)NS3(=O)=O)cc2)c2nc3ccccc3[nH]2)c1.O=C(O)C(F)(F)F. The third kappa shape index (κ3) is 7.72. The van der Waals surface area contributed by atoms with Gasteiger partial charge in [-0.3, -0.25) is 9.52 Å². The summed E-state index contributed by atoms with van der Waals surface area (Å²) in [5.74, 6) is -2.45. The number of aromatic nitrogens is 2. The van der Waals surface area contributed by atoms with Crippen LogP contribution in [0.15, 0.2) is 77.7 Å². The second kappa shape index (κ2) is 12.6. The number of alkyl halides is 3. The van der Waals surface area contributed by atoms with E-state index >= 15 is 0 Å². The van der Waals surface area contributed by atoms with Crippen molar-refractivity contribution in [3.8, 4) is 5.75 Å². The van der Waals surface area contributed by atoms with Crippen molar-refractivity contribution in [3.05, 3.63) is 89.7 Å². The summed E-state index contributed by atoms with van der Waals surface area (Å²) in [6.07, 6.45) is -4.98. The molecule has 0 bridgehead atoms. The maximum Gasteiger partial charge on any atom is 0.490 e. The van der Waals surface area contributed by atoms with Crippen LogP contribution in [0.5, 0.6) is 5.75 Å². The molecule has 0 spiro atoms. The van der Waals surface area contributed by atoms with Gasteiger partial charge >= 0.3 is 12.1 Å². The predicted molar refractivity (Wildman–Crippen MR) is 150 cm³/mol. The topological polar surface area (TPSA) is 185 Å². The summed E-state index contributed by atoms with van der Waals surface area (Å²) in [6, 6.07) is 19.5. The summed E-state index contributed by atoms with van der Waals surface area (Å²) in [6.45, 7) is 0. The Bertz CT molecular complexity index is 1860. The minimum absolute atomic E-state index is 0.0481. The first kappa shape index (κ1) is 32.4. The van der Waals surface area contributed by atoms with Gasteiger partial charge in [-0.15, -0.1) is 0 Å². The second-order valence-electron chi connectivity index (χ2n) is 9.50. The quantitative estimate of drug-likeness (QED) is 0.221. The Hall–Kier alpha value is -4.48. The summed E-state index contributed by atoms with van der Waals surface area (Å²) in [7, 11) is -6.25. The third-order valence-electron chi connectivity index (χ3n) is 6.42. The fourth-order valence-electron chi connectivity index (χ4n) is 4.31. The number of carbonyl (C=O) groups is 2. The molecular weight excluding hydrogens is 629 g/mol. The van der Waals surface area contributed by atoms with Crippen molar-refractivity contribution in [2.75, 3.05) is 7.11 Å². The van der Waals surface area contributed by atoms with E-state index in [2.05, 4.69) is 14.7 Å². The number of rotatable bonds is 8. The molecule has 0 saturated carbocycles. The summed E-state index contributed by atoms with van der Waals surface area (Å²) >= 11 is 0. The number of amides is 1. The molecule has 0 radical (unpaired) electrons. The maximum absolute atomic E-state index is 13.3. The highest BCUT2D eigenvalue weighted by Crippen LogP contribution is 2.31. The fourth-order valence-corrected chi connectivity index (χ4v) is 6.97. The van der Waals surface area contributed by atoms with E-state index in [0.29, 0.717) is 22.7 Å². The Morgan fingerprint density at radius 3 is 2.34 bits per heavy atom. The van der Waals surface area contributed by atoms with Gasteiger partial charge in [-0.1, -0.05) is 42.5 Å². The summed E-state index contributed by atoms with van der Waals surface area (Å²) in [5, 5.41) is 6.17. The lowest BCUT2D eigenvalue weighted by molar-refractivity contribution is -0.192. The number of benzene rings is 3. The number of ether oxygens (including phenoxy) is 1. The highest BCUT2D eigenvalue weighted by molar-refractivity contribution is 7.90. The number of aliphatic carboxylic acids is 1. The number of hydrogen-bond acceptors (Lipinski definition) is 8. The number of sulfonamides is 2. The minimum Gasteiger partial charge on any atom is -0.497 e. The molecule has 44 heavy (non-hydrogen) atoms. The standard InChI is InChI=1S/C25H24N4O6S2.C2HF3O2/c1-35-18-5-4-6-19(14-18)36(31,32)28-22(25-26-20-7-2-3-8-21(20)27-25)13-16-9-11-17(12-10-16)23-15-24(30)29-37(23,33)34;3-2(4,5)1(6)7/h2-12,14,22-23,28H,13,15H2,1H3,(H,26,27)(H,29,30);(H,6,7)/t22-,23?;/m0./s1. The van der Waals surface area contributed by atoms with Gasteiger partial charge in [-0.05, 0) is 41.8 Å². The van der Waals surface area contributed by atoms with E-state index in [9.17, 15) is 34.8 Å². The molecular formula is C27H25F3N4O8S2. The monoisotopic (exact) mass is 654 g/mol. The number of methoxy groups -OCH3 is 1. The highest BCUT2D eigenvalue weighted by Gasteiger charge is 2.38. The van der Waals surface area contributed by atoms with Crippen LogP contribution < -0.4 is 14.2 Å². The number of halogens is 3. The van der Waals surface area contributed by atoms with Gasteiger partial charge in [0, 0.05) is 6.07 Å². The van der Waals surface area contributed by atoms with E-state index in [-0.39, 0.29) is 17.7 Å². The molecule has 1 amide bonds. The van der Waals surface area contributed by atoms with Gasteiger partial charge in [0.05, 0.1) is 35.5 Å². The van der Waals surface area contributed by atoms with E-state index in [1.165, 1.54) is 19.2 Å². The Balaban J connectivity index is 0.000000566. The summed E-state index contributed by atoms with van der Waals surface area (Å²) in [4.78, 5) is 28.3. The number of carbonyl (C=O) groups excluding carboxylic acids is 1. The van der Waals surface area contributed by atoms with Crippen molar-refractivity contribution < 1.29 is 49.4 Å². The van der Waals surface area contributed by atoms with E-state index in [0.717, 1.165) is 11.1 Å². The van der Waals surface area contributed by atoms with Crippen LogP contribution >= 0.6 is 0 Å². The zero-order chi connectivity index (χ0) is 32.3. The second-order valence-corrected chi connectivity index (χ2v) is 13.1. The lowest BCUT2D eigenvalue weighted by Gasteiger charge is -2.18. The molecule has 4 N–H and O–H groups in total. The normalized spacial score (nSPS) is 16.9. The van der Waals surface area contributed by atoms with E-state index in [4.69, 9.17) is 14.6 Å². The average Bonchev–Trinajstić information content (AvgIpc) is 3.52. The number of aromatic amines is 1. The predicted octanol–water partition coefficient (Wildman–Crippen LogP) is 3.36. The van der Waals surface area contributed by atoms with Gasteiger partial charge < -0.3 is 14.8 Å². The Morgan fingerprint density at radius 2 is 1.77 bits per heavy atom. The Labute approximate surface area is 249 Å². The molecule has 1 aromatic heterocycles. The zero-order valence-electron chi connectivity index (χ0n) is 22.7. The third-order valence-corrected chi connectivity index (χ3v) is 9.59. The fraction of sp³-hybridized carbons (Fsp3) is 0.222. The van der Waals surface area contributed by atoms with Gasteiger partial charge in [0.1, 0.15) is 16.8 Å². The van der Waals surface area contributed by atoms with Gasteiger partial charge in [-0.25, -0.2) is 31.3 Å². The van der Waals surface area contributed by atoms with Gasteiger partial charge in [0.25, 0.3) is 0 Å². The van der Waals surface area contributed by atoms with Gasteiger partial charge in [-0.2, -0.15) is 13.2 Å². The molecule has 1 saturated heterocycles. The first-order valence-corrected chi connectivity index (χ1v) is 15.7. The first-order valence-electron chi connectivity index (χ1n) is 12.6. The van der Waals surface area contributed by atoms with Crippen molar-refractivity contribution in [1.29, 1.82) is 0 Å². The summed E-state index contributed by atoms with van der Waals surface area (Å²) in [5.41, 5.74) is 2.70. The number of nitrogens with zero attached hydrogens (tertiary/aromatic N) is 1. The van der Waals surface area contributed by atoms with Crippen LogP contribution in [0.1, 0.15) is 34.7 Å². The minimum atomic E-state index is -5.08. The molecule has 1 fully saturated rings. The maximum atomic E-state index is 13.3. The van der Waals surface area contributed by atoms with E-state index in [1.54, 1.807) is 36.4 Å². The van der Waals surface area contributed by atoms with Gasteiger partial charge in [0.15, 0.2) is 0 Å².